The maximum absolute atomic E-state index is 12.5. The van der Waals surface area contributed by atoms with Crippen LogP contribution in [0.25, 0.3) is 0 Å². The number of nitrogens with zero attached hydrogens (tertiary/aromatic N) is 4. The van der Waals surface area contributed by atoms with E-state index in [4.69, 9.17) is 26.1 Å². The van der Waals surface area contributed by atoms with Crippen LogP contribution in [-0.4, -0.2) is 55.2 Å². The predicted octanol–water partition coefficient (Wildman–Crippen LogP) is 4.70. The molecule has 7 nitrogen and oxygen atoms in total. The molecule has 1 amide bonds. The molecule has 34 heavy (non-hydrogen) atoms. The number of pyridine rings is 1. The van der Waals surface area contributed by atoms with E-state index in [1.54, 1.807) is 7.11 Å². The summed E-state index contributed by atoms with van der Waals surface area (Å²) in [5.74, 6) is 1.81. The van der Waals surface area contributed by atoms with E-state index in [0.717, 1.165) is 24.1 Å². The summed E-state index contributed by atoms with van der Waals surface area (Å²) in [5.41, 5.74) is 2.42. The van der Waals surface area contributed by atoms with Gasteiger partial charge in [0.15, 0.2) is 0 Å². The molecule has 0 bridgehead atoms. The molecule has 1 saturated carbocycles. The number of methoxy groups -OCH3 is 1. The lowest BCUT2D eigenvalue weighted by Gasteiger charge is -2.41. The molecule has 2 aliphatic rings. The molecule has 180 valence electrons. The number of nitriles is 1. The second-order valence-corrected chi connectivity index (χ2v) is 9.50. The third-order valence-electron chi connectivity index (χ3n) is 6.49. The first-order chi connectivity index (χ1) is 16.4. The predicted molar refractivity (Wildman–Crippen MR) is 131 cm³/mol. The average molecular weight is 483 g/mol. The minimum absolute atomic E-state index is 0.0247. The highest BCUT2D eigenvalue weighted by atomic mass is 35.5. The van der Waals surface area contributed by atoms with Gasteiger partial charge in [0.25, 0.3) is 0 Å². The molecule has 2 heterocycles. The number of anilines is 1. The number of halogens is 1. The lowest BCUT2D eigenvalue weighted by atomic mass is 10.1. The van der Waals surface area contributed by atoms with E-state index in [1.165, 1.54) is 0 Å². The van der Waals surface area contributed by atoms with Crippen LogP contribution in [0.3, 0.4) is 0 Å². The molecule has 0 N–H and O–H groups in total. The second-order valence-electron chi connectivity index (χ2n) is 9.07. The molecular weight excluding hydrogens is 452 g/mol. The van der Waals surface area contributed by atoms with Crippen LogP contribution in [-0.2, 0) is 9.53 Å². The molecule has 0 spiro atoms. The van der Waals surface area contributed by atoms with Crippen molar-refractivity contribution in [3.63, 3.8) is 0 Å². The number of piperazine rings is 1. The van der Waals surface area contributed by atoms with Crippen molar-refractivity contribution in [2.45, 2.75) is 51.2 Å². The van der Waals surface area contributed by atoms with Crippen molar-refractivity contribution in [3.05, 3.63) is 52.2 Å². The first-order valence-corrected chi connectivity index (χ1v) is 12.2. The Kier molecular flexibility index (Phi) is 7.60. The van der Waals surface area contributed by atoms with Gasteiger partial charge in [-0.15, -0.1) is 0 Å². The van der Waals surface area contributed by atoms with Crippen LogP contribution in [0.2, 0.25) is 5.02 Å². The smallest absolute Gasteiger partial charge is 0.225 e. The Hall–Kier alpha value is -2.82. The maximum Gasteiger partial charge on any atom is 0.225 e. The summed E-state index contributed by atoms with van der Waals surface area (Å²) in [7, 11) is 1.60. The molecule has 1 aromatic carbocycles. The lowest BCUT2D eigenvalue weighted by molar-refractivity contribution is -0.134. The van der Waals surface area contributed by atoms with Gasteiger partial charge < -0.3 is 19.3 Å². The summed E-state index contributed by atoms with van der Waals surface area (Å²) >= 11 is 6.02. The van der Waals surface area contributed by atoms with Crippen molar-refractivity contribution < 1.29 is 14.3 Å². The van der Waals surface area contributed by atoms with E-state index in [0.29, 0.717) is 60.7 Å². The largest absolute Gasteiger partial charge is 0.484 e. The molecule has 1 aliphatic carbocycles. The van der Waals surface area contributed by atoms with Crippen molar-refractivity contribution >= 4 is 23.3 Å². The van der Waals surface area contributed by atoms with Gasteiger partial charge in [-0.3, -0.25) is 4.79 Å². The Morgan fingerprint density at radius 1 is 1.29 bits per heavy atom. The number of rotatable bonds is 8. The fraction of sp³-hybridized carbons (Fsp3) is 0.500. The monoisotopic (exact) mass is 482 g/mol. The normalized spacial score (nSPS) is 19.0. The van der Waals surface area contributed by atoms with Crippen molar-refractivity contribution in [2.75, 3.05) is 38.3 Å². The zero-order valence-corrected chi connectivity index (χ0v) is 20.7. The molecule has 2 aromatic rings. The summed E-state index contributed by atoms with van der Waals surface area (Å²) < 4.78 is 11.4. The molecule has 1 aromatic heterocycles. The van der Waals surface area contributed by atoms with Gasteiger partial charge in [-0.2, -0.15) is 5.26 Å². The molecule has 1 aliphatic heterocycles. The third kappa shape index (κ3) is 5.45. The van der Waals surface area contributed by atoms with E-state index >= 15 is 0 Å². The Labute approximate surface area is 206 Å². The van der Waals surface area contributed by atoms with Gasteiger partial charge in [-0.25, -0.2) is 4.98 Å². The van der Waals surface area contributed by atoms with Crippen LogP contribution >= 0.6 is 11.6 Å². The Morgan fingerprint density at radius 3 is 2.65 bits per heavy atom. The maximum atomic E-state index is 12.5. The fourth-order valence-corrected chi connectivity index (χ4v) is 4.54. The molecule has 8 heteroatoms. The number of aromatic nitrogens is 1. The van der Waals surface area contributed by atoms with E-state index < -0.39 is 0 Å². The Bertz CT molecular complexity index is 1060. The number of carbonyl (C=O) groups is 1. The second kappa shape index (κ2) is 10.6. The van der Waals surface area contributed by atoms with E-state index in [9.17, 15) is 10.1 Å². The van der Waals surface area contributed by atoms with E-state index in [1.807, 2.05) is 49.1 Å². The quantitative estimate of drug-likeness (QED) is 0.542. The highest BCUT2D eigenvalue weighted by Gasteiger charge is 2.33. The first kappa shape index (κ1) is 24.3. The average Bonchev–Trinajstić information content (AvgIpc) is 3.68. The van der Waals surface area contributed by atoms with Crippen LogP contribution in [0.1, 0.15) is 62.0 Å². The topological polar surface area (TPSA) is 78.7 Å². The molecular formula is C26H31ClN4O3. The van der Waals surface area contributed by atoms with Gasteiger partial charge in [-0.05, 0) is 44.4 Å². The summed E-state index contributed by atoms with van der Waals surface area (Å²) in [6.07, 6.45) is 2.33. The number of carbonyl (C=O) groups excluding carboxylic acids is 1. The van der Waals surface area contributed by atoms with Gasteiger partial charge in [0.2, 0.25) is 5.91 Å². The van der Waals surface area contributed by atoms with Crippen molar-refractivity contribution in [1.29, 1.82) is 5.26 Å². The molecule has 1 saturated heterocycles. The summed E-state index contributed by atoms with van der Waals surface area (Å²) in [5, 5.41) is 10.6. The summed E-state index contributed by atoms with van der Waals surface area (Å²) in [6, 6.07) is 11.8. The van der Waals surface area contributed by atoms with Gasteiger partial charge in [0.1, 0.15) is 23.7 Å². The number of amides is 1. The van der Waals surface area contributed by atoms with Gasteiger partial charge in [-0.1, -0.05) is 23.7 Å². The molecule has 2 atom stereocenters. The fourth-order valence-electron chi connectivity index (χ4n) is 4.41. The van der Waals surface area contributed by atoms with Crippen LogP contribution in [0.5, 0.6) is 5.75 Å². The molecule has 1 unspecified atom stereocenters. The van der Waals surface area contributed by atoms with Crippen LogP contribution in [0, 0.1) is 11.3 Å². The molecule has 0 radical (unpaired) electrons. The molecule has 2 fully saturated rings. The van der Waals surface area contributed by atoms with E-state index in [-0.39, 0.29) is 18.1 Å². The molecule has 4 rings (SSSR count). The zero-order chi connectivity index (χ0) is 24.2. The van der Waals surface area contributed by atoms with Crippen molar-refractivity contribution in [2.24, 2.45) is 0 Å². The number of hydrogen-bond acceptors (Lipinski definition) is 6. The van der Waals surface area contributed by atoms with Gasteiger partial charge >= 0.3 is 0 Å². The highest BCUT2D eigenvalue weighted by molar-refractivity contribution is 6.30. The van der Waals surface area contributed by atoms with Crippen LogP contribution in [0.15, 0.2) is 30.3 Å². The first-order valence-electron chi connectivity index (χ1n) is 11.8. The zero-order valence-electron chi connectivity index (χ0n) is 20.0. The standard InChI is InChI=1S/C26H31ClN4O3/c1-17-16-30(11-12-31(17)24(32)10-13-33-3)26-21(15-28)14-23(25(29-26)20-4-5-20)34-18(2)19-6-8-22(27)9-7-19/h6-9,14,17-18,20H,4-5,10-13,16H2,1-3H3/t17-,18?/m1/s1. The minimum atomic E-state index is -0.198. The summed E-state index contributed by atoms with van der Waals surface area (Å²) in [4.78, 5) is 21.5. The summed E-state index contributed by atoms with van der Waals surface area (Å²) in [6.45, 7) is 6.31. The lowest BCUT2D eigenvalue weighted by Crippen LogP contribution is -2.54. The minimum Gasteiger partial charge on any atom is -0.484 e. The number of ether oxygens (including phenoxy) is 2. The number of hydrogen-bond donors (Lipinski definition) is 0. The highest BCUT2D eigenvalue weighted by Crippen LogP contribution is 2.45. The van der Waals surface area contributed by atoms with Crippen LogP contribution < -0.4 is 9.64 Å². The SMILES string of the molecule is COCCC(=O)N1CCN(c2nc(C3CC3)c(OC(C)c3ccc(Cl)cc3)cc2C#N)C[C@H]1C. The van der Waals surface area contributed by atoms with Crippen molar-refractivity contribution in [3.8, 4) is 11.8 Å². The Balaban J connectivity index is 1.55. The third-order valence-corrected chi connectivity index (χ3v) is 6.74. The van der Waals surface area contributed by atoms with E-state index in [2.05, 4.69) is 11.0 Å². The van der Waals surface area contributed by atoms with Crippen molar-refractivity contribution in [1.82, 2.24) is 9.88 Å². The Morgan fingerprint density at radius 2 is 2.03 bits per heavy atom. The van der Waals surface area contributed by atoms with Gasteiger partial charge in [0.05, 0.1) is 24.3 Å². The van der Waals surface area contributed by atoms with Gasteiger partial charge in [0, 0.05) is 49.8 Å². The number of benzene rings is 1. The van der Waals surface area contributed by atoms with Crippen LogP contribution in [0.4, 0.5) is 5.82 Å².